The highest BCUT2D eigenvalue weighted by atomic mass is 15.2. The summed E-state index contributed by atoms with van der Waals surface area (Å²) in [4.78, 5) is 6.81. The Morgan fingerprint density at radius 1 is 1.47 bits per heavy atom. The van der Waals surface area contributed by atoms with Gasteiger partial charge in [-0.05, 0) is 38.6 Å². The van der Waals surface area contributed by atoms with Crippen molar-refractivity contribution in [1.29, 1.82) is 0 Å². The van der Waals surface area contributed by atoms with E-state index in [1.165, 1.54) is 31.5 Å². The smallest absolute Gasteiger partial charge is 0.0951 e. The second-order valence-electron chi connectivity index (χ2n) is 5.67. The van der Waals surface area contributed by atoms with Gasteiger partial charge in [-0.25, -0.2) is 4.98 Å². The lowest BCUT2D eigenvalue weighted by molar-refractivity contribution is 0.300. The van der Waals surface area contributed by atoms with Crippen molar-refractivity contribution >= 4 is 0 Å². The molecule has 17 heavy (non-hydrogen) atoms. The number of imidazole rings is 1. The van der Waals surface area contributed by atoms with Crippen LogP contribution in [0.1, 0.15) is 37.9 Å². The van der Waals surface area contributed by atoms with Crippen LogP contribution in [0.25, 0.3) is 0 Å². The molecule has 3 rings (SSSR count). The molecule has 1 aromatic heterocycles. The molecule has 0 bridgehead atoms. The van der Waals surface area contributed by atoms with Crippen LogP contribution in [0.2, 0.25) is 0 Å². The molecule has 0 radical (unpaired) electrons. The van der Waals surface area contributed by atoms with Gasteiger partial charge >= 0.3 is 0 Å². The highest BCUT2D eigenvalue weighted by Crippen LogP contribution is 2.36. The molecule has 1 saturated carbocycles. The first kappa shape index (κ1) is 11.2. The molecule has 0 aromatic carbocycles. The van der Waals surface area contributed by atoms with Crippen molar-refractivity contribution in [2.75, 3.05) is 13.1 Å². The number of nitrogens with zero attached hydrogens (tertiary/aromatic N) is 3. The molecule has 2 fully saturated rings. The fourth-order valence-corrected chi connectivity index (χ4v) is 2.80. The van der Waals surface area contributed by atoms with Gasteiger partial charge in [0.1, 0.15) is 0 Å². The molecule has 2 aliphatic rings. The number of aromatic nitrogens is 2. The zero-order chi connectivity index (χ0) is 11.8. The molecule has 1 saturated heterocycles. The predicted molar refractivity (Wildman–Crippen MR) is 67.5 cm³/mol. The predicted octanol–water partition coefficient (Wildman–Crippen LogP) is 1.39. The molecule has 1 aromatic rings. The third kappa shape index (κ3) is 2.38. The van der Waals surface area contributed by atoms with Crippen LogP contribution in [0.15, 0.2) is 12.5 Å². The normalized spacial score (nSPS) is 27.5. The highest BCUT2D eigenvalue weighted by molar-refractivity contribution is 5.04. The topological polar surface area (TPSA) is 47.1 Å². The molecule has 2 atom stereocenters. The van der Waals surface area contributed by atoms with Crippen molar-refractivity contribution in [2.45, 2.75) is 44.8 Å². The Balaban J connectivity index is 1.61. The van der Waals surface area contributed by atoms with Crippen LogP contribution in [-0.4, -0.2) is 33.6 Å². The average Bonchev–Trinajstić information content (AvgIpc) is 2.86. The van der Waals surface area contributed by atoms with Crippen LogP contribution in [-0.2, 0) is 6.54 Å². The Morgan fingerprint density at radius 3 is 2.94 bits per heavy atom. The van der Waals surface area contributed by atoms with E-state index in [0.29, 0.717) is 12.0 Å². The standard InChI is InChI=1S/C13H22N4/c1-10(14)11-4-5-16(7-11)8-13-6-15-9-17(13)12-2-3-12/h6,9-12H,2-5,7-8,14H2,1H3. The summed E-state index contributed by atoms with van der Waals surface area (Å²) in [6.45, 7) is 5.50. The van der Waals surface area contributed by atoms with Gasteiger partial charge in [0, 0.05) is 31.4 Å². The summed E-state index contributed by atoms with van der Waals surface area (Å²) in [6.07, 6.45) is 7.91. The summed E-state index contributed by atoms with van der Waals surface area (Å²) in [7, 11) is 0. The first-order valence-corrected chi connectivity index (χ1v) is 6.72. The maximum atomic E-state index is 5.98. The molecule has 0 amide bonds. The van der Waals surface area contributed by atoms with Crippen LogP contribution in [0.3, 0.4) is 0 Å². The first-order valence-electron chi connectivity index (χ1n) is 6.72. The number of nitrogens with two attached hydrogens (primary N) is 1. The van der Waals surface area contributed by atoms with E-state index in [9.17, 15) is 0 Å². The van der Waals surface area contributed by atoms with E-state index in [1.54, 1.807) is 0 Å². The van der Waals surface area contributed by atoms with Crippen LogP contribution in [0.5, 0.6) is 0 Å². The molecule has 1 aliphatic heterocycles. The van der Waals surface area contributed by atoms with E-state index in [4.69, 9.17) is 5.73 Å². The van der Waals surface area contributed by atoms with E-state index in [-0.39, 0.29) is 0 Å². The molecular weight excluding hydrogens is 212 g/mol. The monoisotopic (exact) mass is 234 g/mol. The molecule has 1 aliphatic carbocycles. The van der Waals surface area contributed by atoms with E-state index in [2.05, 4.69) is 21.4 Å². The molecular formula is C13H22N4. The molecule has 94 valence electrons. The maximum absolute atomic E-state index is 5.98. The van der Waals surface area contributed by atoms with Gasteiger partial charge in [-0.3, -0.25) is 4.90 Å². The second kappa shape index (κ2) is 4.42. The lowest BCUT2D eigenvalue weighted by Gasteiger charge is -2.18. The maximum Gasteiger partial charge on any atom is 0.0951 e. The van der Waals surface area contributed by atoms with Crippen molar-refractivity contribution < 1.29 is 0 Å². The lowest BCUT2D eigenvalue weighted by atomic mass is 10.0. The molecule has 4 nitrogen and oxygen atoms in total. The summed E-state index contributed by atoms with van der Waals surface area (Å²) in [5.41, 5.74) is 7.35. The highest BCUT2D eigenvalue weighted by Gasteiger charge is 2.28. The summed E-state index contributed by atoms with van der Waals surface area (Å²) in [6, 6.07) is 1.06. The number of hydrogen-bond acceptors (Lipinski definition) is 3. The second-order valence-corrected chi connectivity index (χ2v) is 5.67. The van der Waals surface area contributed by atoms with E-state index < -0.39 is 0 Å². The van der Waals surface area contributed by atoms with Gasteiger partial charge in [0.15, 0.2) is 0 Å². The van der Waals surface area contributed by atoms with Crippen molar-refractivity contribution in [3.63, 3.8) is 0 Å². The van der Waals surface area contributed by atoms with Gasteiger partial charge in [-0.2, -0.15) is 0 Å². The van der Waals surface area contributed by atoms with Gasteiger partial charge in [0.2, 0.25) is 0 Å². The minimum atomic E-state index is 0.327. The fourth-order valence-electron chi connectivity index (χ4n) is 2.80. The average molecular weight is 234 g/mol. The van der Waals surface area contributed by atoms with E-state index in [0.717, 1.165) is 19.1 Å². The Bertz CT molecular complexity index is 381. The third-order valence-electron chi connectivity index (χ3n) is 4.12. The van der Waals surface area contributed by atoms with Gasteiger partial charge in [0.25, 0.3) is 0 Å². The number of hydrogen-bond donors (Lipinski definition) is 1. The largest absolute Gasteiger partial charge is 0.330 e. The molecule has 4 heteroatoms. The first-order chi connectivity index (χ1) is 8.24. The Morgan fingerprint density at radius 2 is 2.29 bits per heavy atom. The lowest BCUT2D eigenvalue weighted by Crippen LogP contribution is -2.29. The zero-order valence-electron chi connectivity index (χ0n) is 10.5. The zero-order valence-corrected chi connectivity index (χ0v) is 10.5. The third-order valence-corrected chi connectivity index (χ3v) is 4.12. The van der Waals surface area contributed by atoms with Crippen LogP contribution < -0.4 is 5.73 Å². The van der Waals surface area contributed by atoms with Crippen molar-refractivity contribution in [3.8, 4) is 0 Å². The van der Waals surface area contributed by atoms with Gasteiger partial charge in [0.05, 0.1) is 12.0 Å². The van der Waals surface area contributed by atoms with Crippen molar-refractivity contribution in [1.82, 2.24) is 14.5 Å². The van der Waals surface area contributed by atoms with Crippen molar-refractivity contribution in [2.24, 2.45) is 11.7 Å². The SMILES string of the molecule is CC(N)C1CCN(Cc2cncn2C2CC2)C1. The molecule has 2 unspecified atom stereocenters. The Labute approximate surface area is 103 Å². The molecule has 2 heterocycles. The van der Waals surface area contributed by atoms with Gasteiger partial charge in [-0.15, -0.1) is 0 Å². The van der Waals surface area contributed by atoms with Crippen LogP contribution in [0, 0.1) is 5.92 Å². The van der Waals surface area contributed by atoms with E-state index >= 15 is 0 Å². The van der Waals surface area contributed by atoms with Gasteiger partial charge < -0.3 is 10.3 Å². The summed E-state index contributed by atoms with van der Waals surface area (Å²) in [5, 5.41) is 0. The van der Waals surface area contributed by atoms with Gasteiger partial charge in [-0.1, -0.05) is 0 Å². The minimum absolute atomic E-state index is 0.327. The van der Waals surface area contributed by atoms with E-state index in [1.807, 2.05) is 12.5 Å². The van der Waals surface area contributed by atoms with Crippen molar-refractivity contribution in [3.05, 3.63) is 18.2 Å². The van der Waals surface area contributed by atoms with Crippen LogP contribution >= 0.6 is 0 Å². The summed E-state index contributed by atoms with van der Waals surface area (Å²) >= 11 is 0. The molecule has 0 spiro atoms. The fraction of sp³-hybridized carbons (Fsp3) is 0.769. The van der Waals surface area contributed by atoms with Crippen LogP contribution in [0.4, 0.5) is 0 Å². The molecule has 2 N–H and O–H groups in total. The summed E-state index contributed by atoms with van der Waals surface area (Å²) in [5.74, 6) is 0.673. The summed E-state index contributed by atoms with van der Waals surface area (Å²) < 4.78 is 2.36. The number of likely N-dealkylation sites (tertiary alicyclic amines) is 1. The number of rotatable bonds is 4. The quantitative estimate of drug-likeness (QED) is 0.856. The Kier molecular flexibility index (Phi) is 2.92. The minimum Gasteiger partial charge on any atom is -0.330 e. The Hall–Kier alpha value is -0.870.